The maximum absolute atomic E-state index is 13.6. The summed E-state index contributed by atoms with van der Waals surface area (Å²) in [7, 11) is -3.97. The Kier molecular flexibility index (Phi) is 5.65. The average Bonchev–Trinajstić information content (AvgIpc) is 3.26. The van der Waals surface area contributed by atoms with E-state index in [1.807, 2.05) is 0 Å². The van der Waals surface area contributed by atoms with Gasteiger partial charge < -0.3 is 15.3 Å². The topological polar surface area (TPSA) is 98.7 Å². The van der Waals surface area contributed by atoms with Crippen LogP contribution in [0.1, 0.15) is 12.0 Å². The standard InChI is InChI=1S/C22H19F4N5O3S/c23-15-9-16(11-27-10-15)28-21(32)31-17-6-7-30(12-17)35(33,34)19-5-4-18(29-20(19)31)13-2-1-3-14(8-13)22(24,25)26/h1-5,8-11,17,21,28,32H,6-7,12H2/t17-,21?/m0/s1. The first-order valence-electron chi connectivity index (χ1n) is 10.6. The van der Waals surface area contributed by atoms with E-state index in [2.05, 4.69) is 15.3 Å². The van der Waals surface area contributed by atoms with Crippen LogP contribution in [0.5, 0.6) is 0 Å². The average molecular weight is 509 g/mol. The molecule has 1 fully saturated rings. The molecule has 3 atom stereocenters. The van der Waals surface area contributed by atoms with Crippen LogP contribution in [0.4, 0.5) is 29.1 Å². The van der Waals surface area contributed by atoms with Crippen molar-refractivity contribution in [2.45, 2.75) is 29.9 Å². The molecule has 0 radical (unpaired) electrons. The minimum absolute atomic E-state index is 0.0811. The van der Waals surface area contributed by atoms with Crippen LogP contribution in [0.2, 0.25) is 0 Å². The number of aliphatic hydroxyl groups is 1. The lowest BCUT2D eigenvalue weighted by Gasteiger charge is -2.34. The number of nitrogens with one attached hydrogen (secondary N) is 1. The number of anilines is 2. The number of alkyl halides is 3. The first kappa shape index (κ1) is 23.5. The Bertz CT molecular complexity index is 1390. The van der Waals surface area contributed by atoms with E-state index >= 15 is 0 Å². The zero-order valence-electron chi connectivity index (χ0n) is 17.9. The summed E-state index contributed by atoms with van der Waals surface area (Å²) in [6.45, 7) is 0.310. The highest BCUT2D eigenvalue weighted by Gasteiger charge is 2.44. The van der Waals surface area contributed by atoms with Crippen LogP contribution in [0.3, 0.4) is 0 Å². The molecule has 0 amide bonds. The van der Waals surface area contributed by atoms with Crippen LogP contribution in [0.15, 0.2) is 59.8 Å². The molecule has 184 valence electrons. The first-order valence-corrected chi connectivity index (χ1v) is 12.0. The van der Waals surface area contributed by atoms with E-state index in [1.165, 1.54) is 39.7 Å². The highest BCUT2D eigenvalue weighted by Crippen LogP contribution is 2.39. The van der Waals surface area contributed by atoms with E-state index < -0.39 is 40.0 Å². The summed E-state index contributed by atoms with van der Waals surface area (Å²) in [5.74, 6) is -0.755. The maximum Gasteiger partial charge on any atom is 0.416 e. The molecule has 4 heterocycles. The van der Waals surface area contributed by atoms with E-state index in [4.69, 9.17) is 0 Å². The van der Waals surface area contributed by atoms with Gasteiger partial charge in [0, 0.05) is 30.8 Å². The van der Waals surface area contributed by atoms with Crippen LogP contribution in [-0.2, 0) is 16.2 Å². The van der Waals surface area contributed by atoms with Gasteiger partial charge >= 0.3 is 6.18 Å². The summed E-state index contributed by atoms with van der Waals surface area (Å²) in [6.07, 6.45) is -3.44. The van der Waals surface area contributed by atoms with E-state index in [-0.39, 0.29) is 40.7 Å². The van der Waals surface area contributed by atoms with Gasteiger partial charge in [-0.2, -0.15) is 17.5 Å². The number of sulfonamides is 1. The molecule has 1 saturated heterocycles. The molecule has 0 spiro atoms. The number of halogens is 4. The predicted molar refractivity (Wildman–Crippen MR) is 118 cm³/mol. The summed E-state index contributed by atoms with van der Waals surface area (Å²) < 4.78 is 81.0. The number of hydrogen-bond donors (Lipinski definition) is 2. The molecule has 8 nitrogen and oxygen atoms in total. The van der Waals surface area contributed by atoms with Gasteiger partial charge in [-0.3, -0.25) is 4.98 Å². The number of hydrogen-bond acceptors (Lipinski definition) is 7. The lowest BCUT2D eigenvalue weighted by molar-refractivity contribution is -0.137. The SMILES string of the molecule is O=S1(=O)c2ccc(-c3cccc(C(F)(F)F)c3)nc2N(C(O)Nc2cncc(F)c2)[C@H]2CCN1C2. The third-order valence-corrected chi connectivity index (χ3v) is 7.86. The Balaban J connectivity index is 1.62. The molecule has 2 aromatic heterocycles. The fourth-order valence-corrected chi connectivity index (χ4v) is 5.94. The number of benzene rings is 1. The third kappa shape index (κ3) is 4.30. The molecule has 35 heavy (non-hydrogen) atoms. The molecule has 2 unspecified atom stereocenters. The second kappa shape index (κ2) is 8.43. The maximum atomic E-state index is 13.6. The number of nitrogens with zero attached hydrogens (tertiary/aromatic N) is 4. The Morgan fingerprint density at radius 3 is 2.69 bits per heavy atom. The molecular formula is C22H19F4N5O3S. The number of aromatic nitrogens is 2. The third-order valence-electron chi connectivity index (χ3n) is 5.97. The normalized spacial score (nSPS) is 21.8. The smallest absolute Gasteiger partial charge is 0.356 e. The molecule has 5 rings (SSSR count). The van der Waals surface area contributed by atoms with E-state index in [1.54, 1.807) is 0 Å². The number of rotatable bonds is 4. The van der Waals surface area contributed by atoms with Gasteiger partial charge in [0.25, 0.3) is 0 Å². The van der Waals surface area contributed by atoms with Crippen LogP contribution >= 0.6 is 0 Å². The minimum Gasteiger partial charge on any atom is -0.356 e. The molecule has 2 aliphatic heterocycles. The molecule has 0 saturated carbocycles. The fourth-order valence-electron chi connectivity index (χ4n) is 4.33. The van der Waals surface area contributed by atoms with Crippen molar-refractivity contribution in [2.24, 2.45) is 0 Å². The molecule has 2 bridgehead atoms. The van der Waals surface area contributed by atoms with Crippen molar-refractivity contribution in [3.8, 4) is 11.3 Å². The lowest BCUT2D eigenvalue weighted by Crippen LogP contribution is -2.48. The van der Waals surface area contributed by atoms with Crippen LogP contribution in [-0.4, -0.2) is 53.3 Å². The second-order valence-electron chi connectivity index (χ2n) is 8.22. The van der Waals surface area contributed by atoms with Gasteiger partial charge in [0.15, 0.2) is 5.82 Å². The molecular weight excluding hydrogens is 490 g/mol. The van der Waals surface area contributed by atoms with Gasteiger partial charge in [-0.15, -0.1) is 0 Å². The summed E-state index contributed by atoms with van der Waals surface area (Å²) in [4.78, 5) is 9.30. The Morgan fingerprint density at radius 1 is 1.14 bits per heavy atom. The number of aliphatic hydroxyl groups excluding tert-OH is 1. The molecule has 2 aliphatic rings. The van der Waals surface area contributed by atoms with Crippen molar-refractivity contribution in [1.29, 1.82) is 0 Å². The largest absolute Gasteiger partial charge is 0.416 e. The second-order valence-corrected chi connectivity index (χ2v) is 10.1. The summed E-state index contributed by atoms with van der Waals surface area (Å²) >= 11 is 0. The molecule has 3 aromatic rings. The zero-order valence-corrected chi connectivity index (χ0v) is 18.8. The van der Waals surface area contributed by atoms with E-state index in [9.17, 15) is 31.1 Å². The van der Waals surface area contributed by atoms with Crippen molar-refractivity contribution < 1.29 is 31.1 Å². The van der Waals surface area contributed by atoms with Crippen LogP contribution in [0, 0.1) is 5.82 Å². The van der Waals surface area contributed by atoms with Crippen molar-refractivity contribution in [3.63, 3.8) is 0 Å². The van der Waals surface area contributed by atoms with E-state index in [0.29, 0.717) is 6.42 Å². The molecule has 1 aromatic carbocycles. The van der Waals surface area contributed by atoms with Crippen molar-refractivity contribution in [3.05, 3.63) is 66.2 Å². The summed E-state index contributed by atoms with van der Waals surface area (Å²) in [6, 6.07) is 7.75. The molecule has 2 N–H and O–H groups in total. The van der Waals surface area contributed by atoms with Crippen molar-refractivity contribution in [2.75, 3.05) is 23.3 Å². The van der Waals surface area contributed by atoms with Gasteiger partial charge in [0.1, 0.15) is 10.7 Å². The summed E-state index contributed by atoms with van der Waals surface area (Å²) in [5.41, 5.74) is -0.495. The summed E-state index contributed by atoms with van der Waals surface area (Å²) in [5, 5.41) is 13.8. The fraction of sp³-hybridized carbons (Fsp3) is 0.273. The van der Waals surface area contributed by atoms with Gasteiger partial charge in [-0.25, -0.2) is 17.8 Å². The Hall–Kier alpha value is -3.29. The molecule has 13 heteroatoms. The zero-order chi connectivity index (χ0) is 25.0. The van der Waals surface area contributed by atoms with Gasteiger partial charge in [0.05, 0.1) is 29.3 Å². The minimum atomic E-state index is -4.57. The van der Waals surface area contributed by atoms with Gasteiger partial charge in [-0.1, -0.05) is 12.1 Å². The van der Waals surface area contributed by atoms with Gasteiger partial charge in [0.2, 0.25) is 16.4 Å². The monoisotopic (exact) mass is 509 g/mol. The Labute approximate surface area is 197 Å². The highest BCUT2D eigenvalue weighted by molar-refractivity contribution is 7.89. The first-order chi connectivity index (χ1) is 16.5. The van der Waals surface area contributed by atoms with Crippen LogP contribution < -0.4 is 10.2 Å². The lowest BCUT2D eigenvalue weighted by atomic mass is 10.1. The highest BCUT2D eigenvalue weighted by atomic mass is 32.2. The van der Waals surface area contributed by atoms with Crippen LogP contribution in [0.25, 0.3) is 11.3 Å². The number of pyridine rings is 2. The van der Waals surface area contributed by atoms with Crippen molar-refractivity contribution in [1.82, 2.24) is 14.3 Å². The quantitative estimate of drug-likeness (QED) is 0.412. The number of fused-ring (bicyclic) bond motifs is 3. The molecule has 0 aliphatic carbocycles. The van der Waals surface area contributed by atoms with Crippen molar-refractivity contribution >= 4 is 21.5 Å². The van der Waals surface area contributed by atoms with E-state index in [0.717, 1.165) is 24.4 Å². The van der Waals surface area contributed by atoms with Gasteiger partial charge in [-0.05, 0) is 30.7 Å². The predicted octanol–water partition coefficient (Wildman–Crippen LogP) is 3.27. The Morgan fingerprint density at radius 2 is 1.94 bits per heavy atom.